The molecule has 0 saturated carbocycles. The number of hydrogen-bond acceptors (Lipinski definition) is 4. The van der Waals surface area contributed by atoms with Crippen LogP contribution in [0.3, 0.4) is 0 Å². The van der Waals surface area contributed by atoms with Crippen LogP contribution in [0.5, 0.6) is 23.0 Å². The van der Waals surface area contributed by atoms with Crippen molar-refractivity contribution in [3.8, 4) is 23.0 Å². The number of aromatic hydroxyl groups is 2. The first-order chi connectivity index (χ1) is 23.0. The quantitative estimate of drug-likeness (QED) is 0.0932. The smallest absolute Gasteiger partial charge is 0.126 e. The SMILES string of the molecule is CCCCCc1cc(O)c(CC[C@H](C)CCCC(C)C)c(OCCOc2cc(CCCCC)cc(O)c2CC[C@H](C)CCCC(C)C)c1. The first kappa shape index (κ1) is 41.8. The first-order valence-corrected chi connectivity index (χ1v) is 20.0. The van der Waals surface area contributed by atoms with Crippen LogP contribution in [0.15, 0.2) is 24.3 Å². The van der Waals surface area contributed by atoms with Crippen LogP contribution in [0.1, 0.15) is 168 Å². The molecule has 4 nitrogen and oxygen atoms in total. The molecular formula is C44H74O4. The molecule has 0 unspecified atom stereocenters. The first-order valence-electron chi connectivity index (χ1n) is 20.0. The van der Waals surface area contributed by atoms with Gasteiger partial charge in [-0.3, -0.25) is 0 Å². The lowest BCUT2D eigenvalue weighted by molar-refractivity contribution is 0.212. The summed E-state index contributed by atoms with van der Waals surface area (Å²) in [7, 11) is 0. The monoisotopic (exact) mass is 667 g/mol. The topological polar surface area (TPSA) is 58.9 Å². The molecule has 48 heavy (non-hydrogen) atoms. The van der Waals surface area contributed by atoms with Crippen molar-refractivity contribution in [3.63, 3.8) is 0 Å². The van der Waals surface area contributed by atoms with Gasteiger partial charge in [-0.1, -0.05) is 120 Å². The van der Waals surface area contributed by atoms with E-state index >= 15 is 0 Å². The van der Waals surface area contributed by atoms with Crippen LogP contribution in [0, 0.1) is 23.7 Å². The molecule has 0 fully saturated rings. The minimum atomic E-state index is 0.365. The molecule has 0 bridgehead atoms. The van der Waals surface area contributed by atoms with Crippen molar-refractivity contribution in [2.24, 2.45) is 23.7 Å². The van der Waals surface area contributed by atoms with E-state index in [4.69, 9.17) is 9.47 Å². The number of unbranched alkanes of at least 4 members (excludes halogenated alkanes) is 4. The molecule has 0 aromatic heterocycles. The van der Waals surface area contributed by atoms with Crippen LogP contribution in [0.2, 0.25) is 0 Å². The molecule has 0 spiro atoms. The number of benzene rings is 2. The highest BCUT2D eigenvalue weighted by Crippen LogP contribution is 2.35. The van der Waals surface area contributed by atoms with Crippen LogP contribution < -0.4 is 9.47 Å². The van der Waals surface area contributed by atoms with E-state index < -0.39 is 0 Å². The average Bonchev–Trinajstić information content (AvgIpc) is 3.02. The van der Waals surface area contributed by atoms with Crippen LogP contribution in [-0.2, 0) is 25.7 Å². The third kappa shape index (κ3) is 16.8. The molecule has 0 amide bonds. The Morgan fingerprint density at radius 3 is 1.23 bits per heavy atom. The lowest BCUT2D eigenvalue weighted by atomic mass is 9.93. The largest absolute Gasteiger partial charge is 0.508 e. The van der Waals surface area contributed by atoms with E-state index in [2.05, 4.69) is 67.5 Å². The van der Waals surface area contributed by atoms with E-state index in [1.165, 1.54) is 64.2 Å². The summed E-state index contributed by atoms with van der Waals surface area (Å²) in [5.41, 5.74) is 4.13. The highest BCUT2D eigenvalue weighted by atomic mass is 16.5. The fourth-order valence-electron chi connectivity index (χ4n) is 6.70. The van der Waals surface area contributed by atoms with E-state index in [0.717, 1.165) is 97.0 Å². The maximum atomic E-state index is 11.2. The number of phenols is 2. The molecule has 0 aliphatic carbocycles. The molecule has 0 radical (unpaired) electrons. The van der Waals surface area contributed by atoms with Crippen LogP contribution in [0.25, 0.3) is 0 Å². The lowest BCUT2D eigenvalue weighted by Gasteiger charge is -2.19. The molecule has 0 aliphatic rings. The van der Waals surface area contributed by atoms with Gasteiger partial charge in [0.25, 0.3) is 0 Å². The molecule has 2 rings (SSSR count). The number of aryl methyl sites for hydroxylation is 2. The Balaban J connectivity index is 2.15. The van der Waals surface area contributed by atoms with Crippen LogP contribution in [0.4, 0.5) is 0 Å². The highest BCUT2D eigenvalue weighted by molar-refractivity contribution is 5.48. The maximum absolute atomic E-state index is 11.2. The summed E-state index contributed by atoms with van der Waals surface area (Å²) >= 11 is 0. The van der Waals surface area contributed by atoms with E-state index in [0.29, 0.717) is 36.5 Å². The van der Waals surface area contributed by atoms with Gasteiger partial charge in [0, 0.05) is 11.1 Å². The standard InChI is InChI=1S/C44H74O4/c1-9-11-13-21-37-29-41(45)39(25-23-35(7)19-15-17-33(3)4)43(31-37)47-27-28-48-44-32-38(22-14-12-10-2)30-42(46)40(44)26-24-36(8)20-16-18-34(5)6/h29-36,45-46H,9-28H2,1-8H3/t35-,36-/m1/s1. The van der Waals surface area contributed by atoms with Gasteiger partial charge in [0.05, 0.1) is 0 Å². The summed E-state index contributed by atoms with van der Waals surface area (Å²) in [6.07, 6.45) is 20.1. The minimum absolute atomic E-state index is 0.365. The molecule has 2 N–H and O–H groups in total. The normalized spacial score (nSPS) is 13.0. The van der Waals surface area contributed by atoms with Gasteiger partial charge in [-0.2, -0.15) is 0 Å². The third-order valence-electron chi connectivity index (χ3n) is 9.96. The Kier molecular flexibility index (Phi) is 20.8. The fourth-order valence-corrected chi connectivity index (χ4v) is 6.70. The summed E-state index contributed by atoms with van der Waals surface area (Å²) in [4.78, 5) is 0. The molecule has 2 aromatic rings. The summed E-state index contributed by atoms with van der Waals surface area (Å²) in [5, 5.41) is 22.3. The van der Waals surface area contributed by atoms with Crippen LogP contribution in [-0.4, -0.2) is 23.4 Å². The number of phenolic OH excluding ortho intramolecular Hbond substituents is 2. The Morgan fingerprint density at radius 1 is 0.479 bits per heavy atom. The molecule has 0 saturated heterocycles. The van der Waals surface area contributed by atoms with Gasteiger partial charge in [0.1, 0.15) is 36.2 Å². The van der Waals surface area contributed by atoms with Crippen molar-refractivity contribution < 1.29 is 19.7 Å². The zero-order valence-corrected chi connectivity index (χ0v) is 32.5. The van der Waals surface area contributed by atoms with Crippen LogP contribution >= 0.6 is 0 Å². The van der Waals surface area contributed by atoms with E-state index in [-0.39, 0.29) is 0 Å². The Morgan fingerprint density at radius 2 is 0.875 bits per heavy atom. The van der Waals surface area contributed by atoms with Gasteiger partial charge in [0.15, 0.2) is 0 Å². The lowest BCUT2D eigenvalue weighted by Crippen LogP contribution is -2.12. The van der Waals surface area contributed by atoms with Gasteiger partial charge in [0.2, 0.25) is 0 Å². The van der Waals surface area contributed by atoms with Gasteiger partial charge >= 0.3 is 0 Å². The predicted molar refractivity (Wildman–Crippen MR) is 206 cm³/mol. The Bertz CT molecular complexity index is 1050. The highest BCUT2D eigenvalue weighted by Gasteiger charge is 2.17. The fraction of sp³-hybridized carbons (Fsp3) is 0.727. The summed E-state index contributed by atoms with van der Waals surface area (Å²) < 4.78 is 12.9. The van der Waals surface area contributed by atoms with Crippen molar-refractivity contribution in [1.82, 2.24) is 0 Å². The van der Waals surface area contributed by atoms with Crippen molar-refractivity contribution >= 4 is 0 Å². The zero-order valence-electron chi connectivity index (χ0n) is 32.5. The van der Waals surface area contributed by atoms with Gasteiger partial charge in [-0.05, 0) is 110 Å². The Labute approximate surface area is 296 Å². The van der Waals surface area contributed by atoms with E-state index in [1.807, 2.05) is 12.1 Å². The van der Waals surface area contributed by atoms with Crippen molar-refractivity contribution in [1.29, 1.82) is 0 Å². The van der Waals surface area contributed by atoms with Crippen molar-refractivity contribution in [2.75, 3.05) is 13.2 Å². The summed E-state index contributed by atoms with van der Waals surface area (Å²) in [6.45, 7) is 19.1. The molecule has 2 aromatic carbocycles. The number of hydrogen-bond donors (Lipinski definition) is 2. The second-order valence-corrected chi connectivity index (χ2v) is 15.7. The number of ether oxygens (including phenoxy) is 2. The average molecular weight is 667 g/mol. The molecule has 4 heteroatoms. The van der Waals surface area contributed by atoms with Crippen molar-refractivity contribution in [3.05, 3.63) is 46.5 Å². The van der Waals surface area contributed by atoms with Gasteiger partial charge < -0.3 is 19.7 Å². The Hall–Kier alpha value is -2.36. The molecular weight excluding hydrogens is 592 g/mol. The summed E-state index contributed by atoms with van der Waals surface area (Å²) in [5.74, 6) is 5.03. The second-order valence-electron chi connectivity index (χ2n) is 15.7. The maximum Gasteiger partial charge on any atom is 0.126 e. The molecule has 0 heterocycles. The molecule has 2 atom stereocenters. The predicted octanol–water partition coefficient (Wildman–Crippen LogP) is 12.8. The number of rotatable bonds is 27. The van der Waals surface area contributed by atoms with E-state index in [9.17, 15) is 10.2 Å². The second kappa shape index (κ2) is 23.9. The zero-order chi connectivity index (χ0) is 35.3. The summed E-state index contributed by atoms with van der Waals surface area (Å²) in [6, 6.07) is 8.22. The van der Waals surface area contributed by atoms with Gasteiger partial charge in [-0.15, -0.1) is 0 Å². The molecule has 0 aliphatic heterocycles. The van der Waals surface area contributed by atoms with E-state index in [1.54, 1.807) is 0 Å². The minimum Gasteiger partial charge on any atom is -0.508 e. The third-order valence-corrected chi connectivity index (χ3v) is 9.96. The molecule has 274 valence electrons. The van der Waals surface area contributed by atoms with Crippen molar-refractivity contribution in [2.45, 2.75) is 171 Å². The van der Waals surface area contributed by atoms with Gasteiger partial charge in [-0.25, -0.2) is 0 Å².